The van der Waals surface area contributed by atoms with Crippen molar-refractivity contribution in [1.29, 1.82) is 0 Å². The van der Waals surface area contributed by atoms with E-state index >= 15 is 0 Å². The van der Waals surface area contributed by atoms with E-state index in [2.05, 4.69) is 0 Å². The van der Waals surface area contributed by atoms with E-state index in [9.17, 15) is 5.11 Å². The van der Waals surface area contributed by atoms with Crippen molar-refractivity contribution in [3.05, 3.63) is 0 Å². The standard InChI is InChI=1S/C7H15BO3S/c1-10-3-4-6(11-2)5(9)7(8)12-4/h4-7,9H,3,8H2,1-2H3/t4-,5+,6?,7-/m1/s1. The molecule has 0 aromatic rings. The van der Waals surface area contributed by atoms with Gasteiger partial charge in [-0.1, -0.05) is 0 Å². The number of ether oxygens (including phenoxy) is 2. The van der Waals surface area contributed by atoms with Crippen LogP contribution in [0.5, 0.6) is 0 Å². The first-order valence-electron chi connectivity index (χ1n) is 4.06. The maximum atomic E-state index is 9.65. The first-order chi connectivity index (χ1) is 5.70. The largest absolute Gasteiger partial charge is 0.390 e. The van der Waals surface area contributed by atoms with Crippen molar-refractivity contribution in [1.82, 2.24) is 0 Å². The van der Waals surface area contributed by atoms with Crippen LogP contribution in [-0.2, 0) is 9.47 Å². The molecule has 1 saturated heterocycles. The van der Waals surface area contributed by atoms with Gasteiger partial charge in [-0.05, 0) is 0 Å². The highest BCUT2D eigenvalue weighted by Gasteiger charge is 2.40. The highest BCUT2D eigenvalue weighted by atomic mass is 32.2. The van der Waals surface area contributed by atoms with Crippen LogP contribution in [0.4, 0.5) is 0 Å². The molecule has 0 radical (unpaired) electrons. The van der Waals surface area contributed by atoms with Crippen molar-refractivity contribution in [2.24, 2.45) is 0 Å². The van der Waals surface area contributed by atoms with Crippen molar-refractivity contribution >= 4 is 19.6 Å². The molecule has 0 aliphatic carbocycles. The summed E-state index contributed by atoms with van der Waals surface area (Å²) in [6.07, 6.45) is -0.440. The number of aliphatic hydroxyl groups is 1. The molecule has 1 fully saturated rings. The summed E-state index contributed by atoms with van der Waals surface area (Å²) in [6.45, 7) is 0.643. The molecule has 5 heteroatoms. The van der Waals surface area contributed by atoms with Crippen LogP contribution >= 0.6 is 11.8 Å². The van der Waals surface area contributed by atoms with Gasteiger partial charge in [0.1, 0.15) is 7.85 Å². The second kappa shape index (κ2) is 4.51. The van der Waals surface area contributed by atoms with Gasteiger partial charge in [0.05, 0.1) is 24.1 Å². The van der Waals surface area contributed by atoms with E-state index in [0.717, 1.165) is 0 Å². The third-order valence-electron chi connectivity index (χ3n) is 2.18. The van der Waals surface area contributed by atoms with Crippen LogP contribution < -0.4 is 0 Å². The summed E-state index contributed by atoms with van der Waals surface area (Å²) >= 11 is 1.73. The lowest BCUT2D eigenvalue weighted by molar-refractivity contribution is -0.00716. The molecular formula is C7H15BO3S. The van der Waals surface area contributed by atoms with E-state index in [1.54, 1.807) is 26.0 Å². The minimum Gasteiger partial charge on any atom is -0.390 e. The summed E-state index contributed by atoms with van der Waals surface area (Å²) in [4.78, 5) is 0. The molecular weight excluding hydrogens is 175 g/mol. The second-order valence-corrected chi connectivity index (χ2v) is 4.65. The molecule has 0 amide bonds. The predicted molar refractivity (Wildman–Crippen MR) is 52.4 cm³/mol. The highest BCUT2D eigenvalue weighted by Crippen LogP contribution is 2.34. The van der Waals surface area contributed by atoms with E-state index in [1.165, 1.54) is 0 Å². The predicted octanol–water partition coefficient (Wildman–Crippen LogP) is -0.917. The summed E-state index contributed by atoms with van der Waals surface area (Å²) in [5, 5.41) is 10.2. The summed E-state index contributed by atoms with van der Waals surface area (Å²) in [5.41, 5.74) is 0. The Hall–Kier alpha value is 0.295. The van der Waals surface area contributed by atoms with Gasteiger partial charge in [-0.3, -0.25) is 0 Å². The maximum absolute atomic E-state index is 9.65. The van der Waals surface area contributed by atoms with Crippen LogP contribution in [0, 0.1) is 0 Å². The average Bonchev–Trinajstić information content (AvgIpc) is 2.29. The van der Waals surface area contributed by atoms with E-state index in [4.69, 9.17) is 9.47 Å². The van der Waals surface area contributed by atoms with Gasteiger partial charge >= 0.3 is 0 Å². The molecule has 1 unspecified atom stereocenters. The minimum absolute atomic E-state index is 0.0788. The van der Waals surface area contributed by atoms with Crippen molar-refractivity contribution in [2.75, 3.05) is 20.8 Å². The van der Waals surface area contributed by atoms with Crippen LogP contribution in [-0.4, -0.2) is 56.4 Å². The molecule has 1 heterocycles. The lowest BCUT2D eigenvalue weighted by Gasteiger charge is -2.18. The number of aliphatic hydroxyl groups excluding tert-OH is 1. The zero-order chi connectivity index (χ0) is 9.14. The molecule has 1 aliphatic rings. The Labute approximate surface area is 78.2 Å². The molecule has 4 atom stereocenters. The molecule has 1 aliphatic heterocycles. The lowest BCUT2D eigenvalue weighted by atomic mass is 9.94. The van der Waals surface area contributed by atoms with Gasteiger partial charge in [0.25, 0.3) is 0 Å². The van der Waals surface area contributed by atoms with Crippen LogP contribution in [0.1, 0.15) is 0 Å². The van der Waals surface area contributed by atoms with Gasteiger partial charge in [-0.2, -0.15) is 11.8 Å². The molecule has 1 rings (SSSR count). The topological polar surface area (TPSA) is 38.7 Å². The molecule has 0 spiro atoms. The normalized spacial score (nSPS) is 41.9. The zero-order valence-corrected chi connectivity index (χ0v) is 8.50. The molecule has 3 nitrogen and oxygen atoms in total. The van der Waals surface area contributed by atoms with Crippen molar-refractivity contribution in [3.63, 3.8) is 0 Å². The second-order valence-electron chi connectivity index (χ2n) is 3.03. The van der Waals surface area contributed by atoms with Gasteiger partial charge in [-0.25, -0.2) is 0 Å². The number of hydrogen-bond acceptors (Lipinski definition) is 4. The van der Waals surface area contributed by atoms with Crippen molar-refractivity contribution < 1.29 is 14.6 Å². The Bertz CT molecular complexity index is 147. The van der Waals surface area contributed by atoms with Crippen LogP contribution in [0.2, 0.25) is 0 Å². The average molecular weight is 190 g/mol. The fourth-order valence-corrected chi connectivity index (χ4v) is 3.02. The van der Waals surface area contributed by atoms with Gasteiger partial charge in [0, 0.05) is 19.4 Å². The molecule has 1 N–H and O–H groups in total. The summed E-state index contributed by atoms with van der Waals surface area (Å²) in [7, 11) is 5.31. The Kier molecular flexibility index (Phi) is 3.90. The van der Waals surface area contributed by atoms with Crippen molar-refractivity contribution in [2.45, 2.75) is 22.6 Å². The third kappa shape index (κ3) is 1.96. The molecule has 0 saturated carbocycles. The fraction of sp³-hybridized carbons (Fsp3) is 1.00. The van der Waals surface area contributed by atoms with Crippen LogP contribution in [0.3, 0.4) is 0 Å². The highest BCUT2D eigenvalue weighted by molar-refractivity contribution is 8.02. The Morgan fingerprint density at radius 1 is 1.50 bits per heavy atom. The van der Waals surface area contributed by atoms with E-state index in [-0.39, 0.29) is 22.6 Å². The summed E-state index contributed by atoms with van der Waals surface area (Å²) in [6, 6.07) is 0. The molecule has 0 aromatic carbocycles. The summed E-state index contributed by atoms with van der Waals surface area (Å²) < 4.78 is 10.3. The minimum atomic E-state index is -0.361. The van der Waals surface area contributed by atoms with Crippen LogP contribution in [0.15, 0.2) is 0 Å². The third-order valence-corrected chi connectivity index (χ3v) is 3.64. The Morgan fingerprint density at radius 3 is 2.67 bits per heavy atom. The lowest BCUT2D eigenvalue weighted by Crippen LogP contribution is -2.36. The number of methoxy groups -OCH3 is 2. The van der Waals surface area contributed by atoms with Gasteiger partial charge in [0.15, 0.2) is 0 Å². The van der Waals surface area contributed by atoms with Gasteiger partial charge in [0.2, 0.25) is 0 Å². The zero-order valence-electron chi connectivity index (χ0n) is 7.69. The Morgan fingerprint density at radius 2 is 2.17 bits per heavy atom. The van der Waals surface area contributed by atoms with E-state index < -0.39 is 0 Å². The molecule has 70 valence electrons. The number of rotatable bonds is 3. The van der Waals surface area contributed by atoms with E-state index in [1.807, 2.05) is 7.85 Å². The fourth-order valence-electron chi connectivity index (χ4n) is 1.51. The van der Waals surface area contributed by atoms with Crippen molar-refractivity contribution in [3.8, 4) is 0 Å². The van der Waals surface area contributed by atoms with Crippen LogP contribution in [0.25, 0.3) is 0 Å². The first-order valence-corrected chi connectivity index (χ1v) is 5.00. The SMILES string of the molecule is B[C@@H]1S[C@H](COC)C(OC)[C@@H]1O. The maximum Gasteiger partial charge on any atom is 0.121 e. The Balaban J connectivity index is 2.52. The summed E-state index contributed by atoms with van der Waals surface area (Å²) in [5.74, 6) is 0. The van der Waals surface area contributed by atoms with Gasteiger partial charge < -0.3 is 14.6 Å². The monoisotopic (exact) mass is 190 g/mol. The quantitative estimate of drug-likeness (QED) is 0.584. The van der Waals surface area contributed by atoms with E-state index in [0.29, 0.717) is 6.61 Å². The first kappa shape index (κ1) is 10.4. The molecule has 0 bridgehead atoms. The molecule has 12 heavy (non-hydrogen) atoms. The molecule has 0 aromatic heterocycles. The number of thioether (sulfide) groups is 1. The smallest absolute Gasteiger partial charge is 0.121 e. The van der Waals surface area contributed by atoms with Gasteiger partial charge in [-0.15, -0.1) is 0 Å². The number of hydrogen-bond donors (Lipinski definition) is 1.